The number of ether oxygens (including phenoxy) is 1. The Morgan fingerprint density at radius 2 is 2.19 bits per heavy atom. The van der Waals surface area contributed by atoms with Gasteiger partial charge in [-0.2, -0.15) is 0 Å². The van der Waals surface area contributed by atoms with Crippen LogP contribution in [-0.4, -0.2) is 55.2 Å². The van der Waals surface area contributed by atoms with Crippen LogP contribution in [0.25, 0.3) is 0 Å². The third kappa shape index (κ3) is 4.59. The summed E-state index contributed by atoms with van der Waals surface area (Å²) >= 11 is 0. The first-order chi connectivity index (χ1) is 10.1. The number of carbonyl (C=O) groups is 1. The third-order valence-electron chi connectivity index (χ3n) is 3.83. The Kier molecular flexibility index (Phi) is 5.85. The Bertz CT molecular complexity index is 463. The SMILES string of the molecule is COC[C@H](O)CN1CCC[C@@H](C(=O)c2ccc(F)cc2)C1. The Labute approximate surface area is 124 Å². The van der Waals surface area contributed by atoms with Gasteiger partial charge in [-0.1, -0.05) is 0 Å². The lowest BCUT2D eigenvalue weighted by atomic mass is 9.90. The normalized spacial score (nSPS) is 21.2. The van der Waals surface area contributed by atoms with Crippen LogP contribution in [-0.2, 0) is 4.74 Å². The average molecular weight is 295 g/mol. The number of ketones is 1. The number of rotatable bonds is 6. The fraction of sp³-hybridized carbons (Fsp3) is 0.562. The van der Waals surface area contributed by atoms with Crippen molar-refractivity contribution in [1.82, 2.24) is 4.90 Å². The minimum atomic E-state index is -0.533. The van der Waals surface area contributed by atoms with Crippen molar-refractivity contribution in [2.75, 3.05) is 33.4 Å². The van der Waals surface area contributed by atoms with E-state index in [2.05, 4.69) is 4.90 Å². The summed E-state index contributed by atoms with van der Waals surface area (Å²) in [5.41, 5.74) is 0.556. The molecule has 0 aromatic heterocycles. The molecular weight excluding hydrogens is 273 g/mol. The average Bonchev–Trinajstić information content (AvgIpc) is 2.48. The molecule has 1 aliphatic heterocycles. The van der Waals surface area contributed by atoms with Gasteiger partial charge in [-0.25, -0.2) is 4.39 Å². The van der Waals surface area contributed by atoms with Crippen molar-refractivity contribution >= 4 is 5.78 Å². The highest BCUT2D eigenvalue weighted by Gasteiger charge is 2.27. The maximum absolute atomic E-state index is 12.9. The summed E-state index contributed by atoms with van der Waals surface area (Å²) in [6.07, 6.45) is 1.24. The molecule has 1 fully saturated rings. The summed E-state index contributed by atoms with van der Waals surface area (Å²) < 4.78 is 17.8. The van der Waals surface area contributed by atoms with E-state index in [4.69, 9.17) is 4.74 Å². The molecule has 1 aromatic carbocycles. The molecule has 1 N–H and O–H groups in total. The lowest BCUT2D eigenvalue weighted by molar-refractivity contribution is 0.0268. The lowest BCUT2D eigenvalue weighted by Gasteiger charge is -2.33. The quantitative estimate of drug-likeness (QED) is 0.812. The van der Waals surface area contributed by atoms with Crippen LogP contribution in [0.5, 0.6) is 0 Å². The molecule has 4 nitrogen and oxygen atoms in total. The number of likely N-dealkylation sites (tertiary alicyclic amines) is 1. The van der Waals surface area contributed by atoms with Crippen molar-refractivity contribution in [2.24, 2.45) is 5.92 Å². The van der Waals surface area contributed by atoms with Gasteiger partial charge in [-0.3, -0.25) is 9.69 Å². The van der Waals surface area contributed by atoms with Crippen LogP contribution in [0.2, 0.25) is 0 Å². The number of nitrogens with zero attached hydrogens (tertiary/aromatic N) is 1. The van der Waals surface area contributed by atoms with Gasteiger partial charge < -0.3 is 9.84 Å². The van der Waals surface area contributed by atoms with E-state index in [1.165, 1.54) is 24.3 Å². The number of carbonyl (C=O) groups excluding carboxylic acids is 1. The third-order valence-corrected chi connectivity index (χ3v) is 3.83. The molecular formula is C16H22FNO3. The fourth-order valence-electron chi connectivity index (χ4n) is 2.83. The van der Waals surface area contributed by atoms with Gasteiger partial charge in [-0.05, 0) is 43.7 Å². The molecule has 116 valence electrons. The molecule has 21 heavy (non-hydrogen) atoms. The second-order valence-corrected chi connectivity index (χ2v) is 5.58. The zero-order valence-corrected chi connectivity index (χ0v) is 12.3. The Morgan fingerprint density at radius 1 is 1.48 bits per heavy atom. The molecule has 1 aromatic rings. The number of benzene rings is 1. The molecule has 0 unspecified atom stereocenters. The van der Waals surface area contributed by atoms with Crippen LogP contribution in [0.1, 0.15) is 23.2 Å². The number of hydrogen-bond acceptors (Lipinski definition) is 4. The molecule has 0 radical (unpaired) electrons. The van der Waals surface area contributed by atoms with Gasteiger partial charge in [0.2, 0.25) is 0 Å². The standard InChI is InChI=1S/C16H22FNO3/c1-21-11-15(19)10-18-8-2-3-13(9-18)16(20)12-4-6-14(17)7-5-12/h4-7,13,15,19H,2-3,8-11H2,1H3/t13-,15-/m1/s1. The van der Waals surface area contributed by atoms with Gasteiger partial charge >= 0.3 is 0 Å². The van der Waals surface area contributed by atoms with Crippen molar-refractivity contribution in [3.8, 4) is 0 Å². The highest BCUT2D eigenvalue weighted by Crippen LogP contribution is 2.21. The predicted molar refractivity (Wildman–Crippen MR) is 77.8 cm³/mol. The molecule has 1 aliphatic rings. The second-order valence-electron chi connectivity index (χ2n) is 5.58. The lowest BCUT2D eigenvalue weighted by Crippen LogP contribution is -2.43. The molecule has 0 aliphatic carbocycles. The number of hydrogen-bond donors (Lipinski definition) is 1. The zero-order chi connectivity index (χ0) is 15.2. The molecule has 1 saturated heterocycles. The Hall–Kier alpha value is -1.30. The number of Topliss-reactive ketones (excluding diaryl/α,β-unsaturated/α-hetero) is 1. The number of aliphatic hydroxyl groups excluding tert-OH is 1. The van der Waals surface area contributed by atoms with Gasteiger partial charge in [0.05, 0.1) is 12.7 Å². The maximum Gasteiger partial charge on any atom is 0.167 e. The molecule has 0 amide bonds. The Balaban J connectivity index is 1.94. The van der Waals surface area contributed by atoms with Crippen molar-refractivity contribution in [2.45, 2.75) is 18.9 Å². The zero-order valence-electron chi connectivity index (χ0n) is 12.3. The van der Waals surface area contributed by atoms with E-state index in [1.807, 2.05) is 0 Å². The van der Waals surface area contributed by atoms with E-state index in [0.717, 1.165) is 19.4 Å². The highest BCUT2D eigenvalue weighted by atomic mass is 19.1. The van der Waals surface area contributed by atoms with Crippen molar-refractivity contribution in [3.05, 3.63) is 35.6 Å². The minimum absolute atomic E-state index is 0.0564. The molecule has 0 spiro atoms. The van der Waals surface area contributed by atoms with E-state index >= 15 is 0 Å². The molecule has 1 heterocycles. The maximum atomic E-state index is 12.9. The molecule has 2 atom stereocenters. The topological polar surface area (TPSA) is 49.8 Å². The van der Waals surface area contributed by atoms with E-state index in [9.17, 15) is 14.3 Å². The first-order valence-electron chi connectivity index (χ1n) is 7.29. The molecule has 0 saturated carbocycles. The number of methoxy groups -OCH3 is 1. The van der Waals surface area contributed by atoms with Crippen molar-refractivity contribution in [3.63, 3.8) is 0 Å². The summed E-state index contributed by atoms with van der Waals surface area (Å²) in [6.45, 7) is 2.33. The van der Waals surface area contributed by atoms with Crippen molar-refractivity contribution < 1.29 is 19.0 Å². The van der Waals surface area contributed by atoms with E-state index in [0.29, 0.717) is 25.3 Å². The summed E-state index contributed by atoms with van der Waals surface area (Å²) in [6, 6.07) is 5.71. The number of halogens is 1. The predicted octanol–water partition coefficient (Wildman–Crippen LogP) is 1.73. The van der Waals surface area contributed by atoms with Crippen LogP contribution in [0, 0.1) is 11.7 Å². The van der Waals surface area contributed by atoms with E-state index in [-0.39, 0.29) is 17.5 Å². The smallest absolute Gasteiger partial charge is 0.167 e. The largest absolute Gasteiger partial charge is 0.389 e. The summed E-state index contributed by atoms with van der Waals surface area (Å²) in [5, 5.41) is 9.78. The van der Waals surface area contributed by atoms with Gasteiger partial charge in [0.15, 0.2) is 5.78 Å². The van der Waals surface area contributed by atoms with Gasteiger partial charge in [0.25, 0.3) is 0 Å². The van der Waals surface area contributed by atoms with Gasteiger partial charge in [0.1, 0.15) is 5.82 Å². The summed E-state index contributed by atoms with van der Waals surface area (Å²) in [5.74, 6) is -0.362. The minimum Gasteiger partial charge on any atom is -0.389 e. The molecule has 0 bridgehead atoms. The fourth-order valence-corrected chi connectivity index (χ4v) is 2.83. The van der Waals surface area contributed by atoms with Crippen LogP contribution < -0.4 is 0 Å². The van der Waals surface area contributed by atoms with Crippen LogP contribution in [0.3, 0.4) is 0 Å². The van der Waals surface area contributed by atoms with Gasteiger partial charge in [0, 0.05) is 31.7 Å². The number of piperidine rings is 1. The van der Waals surface area contributed by atoms with Gasteiger partial charge in [-0.15, -0.1) is 0 Å². The highest BCUT2D eigenvalue weighted by molar-refractivity contribution is 5.98. The van der Waals surface area contributed by atoms with Crippen molar-refractivity contribution in [1.29, 1.82) is 0 Å². The monoisotopic (exact) mass is 295 g/mol. The van der Waals surface area contributed by atoms with Crippen LogP contribution in [0.4, 0.5) is 4.39 Å². The number of β-amino-alcohol motifs (C(OH)–C–C–N with tert-alkyl or cyclic N) is 1. The Morgan fingerprint density at radius 3 is 2.86 bits per heavy atom. The molecule has 5 heteroatoms. The number of aliphatic hydroxyl groups is 1. The van der Waals surface area contributed by atoms with E-state index < -0.39 is 6.10 Å². The summed E-state index contributed by atoms with van der Waals surface area (Å²) in [4.78, 5) is 14.5. The first-order valence-corrected chi connectivity index (χ1v) is 7.29. The van der Waals surface area contributed by atoms with Crippen LogP contribution >= 0.6 is 0 Å². The second kappa shape index (κ2) is 7.64. The van der Waals surface area contributed by atoms with E-state index in [1.54, 1.807) is 7.11 Å². The first kappa shape index (κ1) is 16.1. The summed E-state index contributed by atoms with van der Waals surface area (Å²) in [7, 11) is 1.56. The van der Waals surface area contributed by atoms with Crippen LogP contribution in [0.15, 0.2) is 24.3 Å². The molecule has 2 rings (SSSR count).